The number of halogens is 2. The molecule has 0 amide bonds. The van der Waals surface area contributed by atoms with Gasteiger partial charge in [-0.1, -0.05) is 16.8 Å². The largest absolute Gasteiger partial charge is 0.476 e. The summed E-state index contributed by atoms with van der Waals surface area (Å²) in [7, 11) is 0. The van der Waals surface area contributed by atoms with Gasteiger partial charge in [-0.15, -0.1) is 0 Å². The lowest BCUT2D eigenvalue weighted by molar-refractivity contribution is 0.0685. The van der Waals surface area contributed by atoms with Crippen LogP contribution in [-0.4, -0.2) is 16.2 Å². The van der Waals surface area contributed by atoms with Crippen LogP contribution in [0.2, 0.25) is 5.02 Å². The van der Waals surface area contributed by atoms with E-state index in [1.165, 1.54) is 0 Å². The van der Waals surface area contributed by atoms with Crippen LogP contribution in [0.4, 0.5) is 0 Å². The quantitative estimate of drug-likeness (QED) is 0.923. The summed E-state index contributed by atoms with van der Waals surface area (Å²) in [5.74, 6) is -0.773. The second-order valence-corrected chi connectivity index (χ2v) is 4.22. The van der Waals surface area contributed by atoms with Gasteiger partial charge in [0.1, 0.15) is 4.47 Å². The SMILES string of the molecule is O=C(O)c1noc(-c2ccc(Cl)cc2)c1Br. The van der Waals surface area contributed by atoms with E-state index >= 15 is 0 Å². The number of hydrogen-bond acceptors (Lipinski definition) is 3. The standard InChI is InChI=1S/C10H5BrClNO3/c11-7-8(10(14)15)13-16-9(7)5-1-3-6(12)4-2-5/h1-4H,(H,14,15). The highest BCUT2D eigenvalue weighted by Crippen LogP contribution is 2.31. The maximum absolute atomic E-state index is 10.7. The zero-order chi connectivity index (χ0) is 11.7. The summed E-state index contributed by atoms with van der Waals surface area (Å²) >= 11 is 8.88. The first-order valence-corrected chi connectivity index (χ1v) is 5.41. The van der Waals surface area contributed by atoms with Gasteiger partial charge in [-0.2, -0.15) is 0 Å². The van der Waals surface area contributed by atoms with E-state index in [1.807, 2.05) is 0 Å². The van der Waals surface area contributed by atoms with Crippen LogP contribution < -0.4 is 0 Å². The number of carboxylic acid groups (broad SMARTS) is 1. The van der Waals surface area contributed by atoms with Crippen molar-refractivity contribution in [3.63, 3.8) is 0 Å². The molecule has 6 heteroatoms. The average molecular weight is 303 g/mol. The van der Waals surface area contributed by atoms with E-state index in [2.05, 4.69) is 21.1 Å². The van der Waals surface area contributed by atoms with E-state index in [0.29, 0.717) is 20.8 Å². The van der Waals surface area contributed by atoms with Crippen molar-refractivity contribution in [3.8, 4) is 11.3 Å². The number of aromatic nitrogens is 1. The van der Waals surface area contributed by atoms with Gasteiger partial charge < -0.3 is 9.63 Å². The van der Waals surface area contributed by atoms with Crippen LogP contribution in [0.25, 0.3) is 11.3 Å². The Labute approximate surface area is 104 Å². The van der Waals surface area contributed by atoms with Gasteiger partial charge in [0.25, 0.3) is 0 Å². The lowest BCUT2D eigenvalue weighted by Crippen LogP contribution is -1.96. The fourth-order valence-corrected chi connectivity index (χ4v) is 1.86. The monoisotopic (exact) mass is 301 g/mol. The minimum absolute atomic E-state index is 0.148. The molecule has 16 heavy (non-hydrogen) atoms. The third-order valence-electron chi connectivity index (χ3n) is 1.94. The second-order valence-electron chi connectivity index (χ2n) is 2.99. The number of rotatable bonds is 2. The Morgan fingerprint density at radius 3 is 2.50 bits per heavy atom. The van der Waals surface area contributed by atoms with Crippen molar-refractivity contribution in [1.82, 2.24) is 5.16 Å². The summed E-state index contributed by atoms with van der Waals surface area (Å²) in [6, 6.07) is 6.82. The summed E-state index contributed by atoms with van der Waals surface area (Å²) in [6.07, 6.45) is 0. The Balaban J connectivity index is 2.49. The number of hydrogen-bond donors (Lipinski definition) is 1. The third-order valence-corrected chi connectivity index (χ3v) is 2.93. The van der Waals surface area contributed by atoms with E-state index in [1.54, 1.807) is 24.3 Å². The van der Waals surface area contributed by atoms with Crippen molar-refractivity contribution >= 4 is 33.5 Å². The molecule has 2 aromatic rings. The van der Waals surface area contributed by atoms with Crippen LogP contribution in [0.15, 0.2) is 33.3 Å². The van der Waals surface area contributed by atoms with E-state index in [9.17, 15) is 4.79 Å². The molecule has 1 aromatic heterocycles. The summed E-state index contributed by atoms with van der Waals surface area (Å²) in [5, 5.41) is 12.9. The van der Waals surface area contributed by atoms with Gasteiger partial charge in [-0.05, 0) is 40.2 Å². The van der Waals surface area contributed by atoms with Crippen molar-refractivity contribution in [2.24, 2.45) is 0 Å². The zero-order valence-corrected chi connectivity index (χ0v) is 10.1. The predicted octanol–water partition coefficient (Wildman–Crippen LogP) is 3.46. The van der Waals surface area contributed by atoms with Gasteiger partial charge in [0.2, 0.25) is 5.69 Å². The maximum atomic E-state index is 10.7. The third kappa shape index (κ3) is 1.96. The molecule has 2 rings (SSSR count). The van der Waals surface area contributed by atoms with Gasteiger partial charge in [0.05, 0.1) is 0 Å². The van der Waals surface area contributed by atoms with Crippen LogP contribution in [0.1, 0.15) is 10.5 Å². The molecule has 0 unspecified atom stereocenters. The summed E-state index contributed by atoms with van der Waals surface area (Å²) < 4.78 is 5.28. The average Bonchev–Trinajstić information content (AvgIpc) is 2.61. The van der Waals surface area contributed by atoms with Crippen molar-refractivity contribution in [1.29, 1.82) is 0 Å². The molecule has 0 bridgehead atoms. The molecule has 0 saturated carbocycles. The molecular formula is C10H5BrClNO3. The number of carbonyl (C=O) groups is 1. The molecule has 0 saturated heterocycles. The number of benzene rings is 1. The van der Waals surface area contributed by atoms with Crippen molar-refractivity contribution in [3.05, 3.63) is 39.5 Å². The Hall–Kier alpha value is -1.33. The lowest BCUT2D eigenvalue weighted by atomic mass is 10.1. The van der Waals surface area contributed by atoms with Crippen LogP contribution in [0.5, 0.6) is 0 Å². The van der Waals surface area contributed by atoms with Crippen LogP contribution >= 0.6 is 27.5 Å². The van der Waals surface area contributed by atoms with E-state index < -0.39 is 5.97 Å². The molecule has 0 atom stereocenters. The molecule has 0 radical (unpaired) electrons. The highest BCUT2D eigenvalue weighted by Gasteiger charge is 2.20. The highest BCUT2D eigenvalue weighted by atomic mass is 79.9. The van der Waals surface area contributed by atoms with Gasteiger partial charge in [-0.25, -0.2) is 4.79 Å². The molecule has 0 aliphatic rings. The van der Waals surface area contributed by atoms with Crippen molar-refractivity contribution in [2.75, 3.05) is 0 Å². The summed E-state index contributed by atoms with van der Waals surface area (Å²) in [5.41, 5.74) is 0.557. The Kier molecular flexibility index (Phi) is 2.98. The number of nitrogens with zero attached hydrogens (tertiary/aromatic N) is 1. The van der Waals surface area contributed by atoms with Gasteiger partial charge >= 0.3 is 5.97 Å². The van der Waals surface area contributed by atoms with Crippen molar-refractivity contribution < 1.29 is 14.4 Å². The summed E-state index contributed by atoms with van der Waals surface area (Å²) in [6.45, 7) is 0. The second kappa shape index (κ2) is 4.27. The molecule has 1 N–H and O–H groups in total. The minimum atomic E-state index is -1.14. The van der Waals surface area contributed by atoms with Gasteiger partial charge in [0.15, 0.2) is 5.76 Å². The number of carboxylic acids is 1. The Bertz CT molecular complexity index is 535. The van der Waals surface area contributed by atoms with E-state index in [0.717, 1.165) is 0 Å². The van der Waals surface area contributed by atoms with Gasteiger partial charge in [0, 0.05) is 10.6 Å². The number of aromatic carboxylic acids is 1. The zero-order valence-electron chi connectivity index (χ0n) is 7.78. The molecule has 82 valence electrons. The predicted molar refractivity (Wildman–Crippen MR) is 61.6 cm³/mol. The first kappa shape index (κ1) is 11.2. The highest BCUT2D eigenvalue weighted by molar-refractivity contribution is 9.10. The molecule has 1 heterocycles. The van der Waals surface area contributed by atoms with Crippen LogP contribution in [0, 0.1) is 0 Å². The topological polar surface area (TPSA) is 63.3 Å². The fourth-order valence-electron chi connectivity index (χ4n) is 1.19. The first-order chi connectivity index (χ1) is 7.59. The molecule has 0 fully saturated rings. The molecule has 0 spiro atoms. The fraction of sp³-hybridized carbons (Fsp3) is 0. The smallest absolute Gasteiger partial charge is 0.359 e. The molecule has 4 nitrogen and oxygen atoms in total. The van der Waals surface area contributed by atoms with E-state index in [-0.39, 0.29) is 5.69 Å². The van der Waals surface area contributed by atoms with Crippen LogP contribution in [-0.2, 0) is 0 Å². The summed E-state index contributed by atoms with van der Waals surface area (Å²) in [4.78, 5) is 10.7. The van der Waals surface area contributed by atoms with E-state index in [4.69, 9.17) is 21.2 Å². The van der Waals surface area contributed by atoms with Gasteiger partial charge in [-0.3, -0.25) is 0 Å². The van der Waals surface area contributed by atoms with Crippen molar-refractivity contribution in [2.45, 2.75) is 0 Å². The molecule has 1 aromatic carbocycles. The normalized spacial score (nSPS) is 10.4. The van der Waals surface area contributed by atoms with Crippen LogP contribution in [0.3, 0.4) is 0 Å². The maximum Gasteiger partial charge on any atom is 0.359 e. The minimum Gasteiger partial charge on any atom is -0.476 e. The molecular weight excluding hydrogens is 297 g/mol. The molecule has 0 aliphatic heterocycles. The first-order valence-electron chi connectivity index (χ1n) is 4.24. The Morgan fingerprint density at radius 2 is 2.00 bits per heavy atom. The Morgan fingerprint density at radius 1 is 1.38 bits per heavy atom. The molecule has 0 aliphatic carbocycles. The lowest BCUT2D eigenvalue weighted by Gasteiger charge is -1.96.